The average molecular weight is 423 g/mol. The zero-order chi connectivity index (χ0) is 18.1. The molecule has 0 heterocycles. The molecule has 0 aliphatic rings. The van der Waals surface area contributed by atoms with Crippen LogP contribution in [0.25, 0.3) is 0 Å². The zero-order valence-electron chi connectivity index (χ0n) is 12.9. The van der Waals surface area contributed by atoms with Crippen molar-refractivity contribution in [3.63, 3.8) is 0 Å². The van der Waals surface area contributed by atoms with Crippen molar-refractivity contribution < 1.29 is 14.3 Å². The van der Waals surface area contributed by atoms with Gasteiger partial charge in [0.05, 0.1) is 0 Å². The van der Waals surface area contributed by atoms with Gasteiger partial charge in [-0.2, -0.15) is 0 Å². The summed E-state index contributed by atoms with van der Waals surface area (Å²) in [5.41, 5.74) is 5.35. The summed E-state index contributed by atoms with van der Waals surface area (Å²) in [6.07, 6.45) is 0. The van der Waals surface area contributed by atoms with Crippen LogP contribution in [0.2, 0.25) is 0 Å². The second-order valence-electron chi connectivity index (χ2n) is 4.69. The summed E-state index contributed by atoms with van der Waals surface area (Å²) in [4.78, 5) is 23.4. The van der Waals surface area contributed by atoms with Gasteiger partial charge in [-0.05, 0) is 48.6 Å². The van der Waals surface area contributed by atoms with Crippen LogP contribution < -0.4 is 26.2 Å². The molecule has 130 valence electrons. The second kappa shape index (κ2) is 9.60. The molecule has 2 rings (SSSR count). The molecule has 25 heavy (non-hydrogen) atoms. The molecule has 0 aromatic heterocycles. The topological polar surface area (TPSA) is 91.5 Å². The fraction of sp³-hybridized carbons (Fsp3) is 0.0625. The van der Waals surface area contributed by atoms with Crippen molar-refractivity contribution >= 4 is 50.9 Å². The predicted molar refractivity (Wildman–Crippen MR) is 102 cm³/mol. The summed E-state index contributed by atoms with van der Waals surface area (Å²) in [7, 11) is 0. The molecule has 4 N–H and O–H groups in total. The Balaban J connectivity index is 1.66. The van der Waals surface area contributed by atoms with E-state index in [1.807, 2.05) is 6.07 Å². The minimum Gasteiger partial charge on any atom is -0.484 e. The normalized spacial score (nSPS) is 9.64. The first-order chi connectivity index (χ1) is 12.0. The Morgan fingerprint density at radius 1 is 1.00 bits per heavy atom. The number of hydrazine groups is 1. The summed E-state index contributed by atoms with van der Waals surface area (Å²) in [5.74, 6) is 0.100. The Kier molecular flexibility index (Phi) is 7.17. The number of carbonyl (C=O) groups is 2. The van der Waals surface area contributed by atoms with E-state index in [4.69, 9.17) is 17.0 Å². The number of rotatable bonds is 4. The number of urea groups is 1. The van der Waals surface area contributed by atoms with E-state index in [1.165, 1.54) is 0 Å². The van der Waals surface area contributed by atoms with Gasteiger partial charge in [-0.3, -0.25) is 15.5 Å². The van der Waals surface area contributed by atoms with Crippen LogP contribution in [-0.2, 0) is 4.79 Å². The minimum atomic E-state index is -0.520. The molecule has 0 fully saturated rings. The SMILES string of the molecule is O=C(COc1ccc(Br)cc1)NC(=S)NNC(=O)Nc1ccccc1. The van der Waals surface area contributed by atoms with Crippen LogP contribution in [0.15, 0.2) is 59.1 Å². The third-order valence-corrected chi connectivity index (χ3v) is 3.49. The smallest absolute Gasteiger partial charge is 0.337 e. The molecule has 2 aromatic rings. The molecule has 0 bridgehead atoms. The number of anilines is 1. The van der Waals surface area contributed by atoms with E-state index in [0.29, 0.717) is 11.4 Å². The highest BCUT2D eigenvalue weighted by Gasteiger charge is 2.07. The van der Waals surface area contributed by atoms with Gasteiger partial charge in [0.2, 0.25) is 0 Å². The largest absolute Gasteiger partial charge is 0.484 e. The van der Waals surface area contributed by atoms with Gasteiger partial charge in [-0.25, -0.2) is 10.2 Å². The van der Waals surface area contributed by atoms with Crippen LogP contribution >= 0.6 is 28.1 Å². The van der Waals surface area contributed by atoms with Crippen molar-refractivity contribution in [2.75, 3.05) is 11.9 Å². The molecular formula is C16H15BrN4O3S. The standard InChI is InChI=1S/C16H15BrN4O3S/c17-11-6-8-13(9-7-11)24-10-14(22)19-16(25)21-20-15(23)18-12-4-2-1-3-5-12/h1-9H,10H2,(H2,18,20,23)(H2,19,21,22,25). The monoisotopic (exact) mass is 422 g/mol. The maximum Gasteiger partial charge on any atom is 0.337 e. The number of benzene rings is 2. The fourth-order valence-electron chi connectivity index (χ4n) is 1.67. The molecule has 0 spiro atoms. The van der Waals surface area contributed by atoms with Gasteiger partial charge < -0.3 is 10.1 Å². The van der Waals surface area contributed by atoms with Crippen LogP contribution in [0.3, 0.4) is 0 Å². The number of thiocarbonyl (C=S) groups is 1. The van der Waals surface area contributed by atoms with E-state index in [-0.39, 0.29) is 11.7 Å². The minimum absolute atomic E-state index is 0.0485. The molecular weight excluding hydrogens is 408 g/mol. The van der Waals surface area contributed by atoms with Gasteiger partial charge in [0, 0.05) is 10.2 Å². The van der Waals surface area contributed by atoms with Gasteiger partial charge in [-0.1, -0.05) is 34.1 Å². The molecule has 7 nitrogen and oxygen atoms in total. The molecule has 0 radical (unpaired) electrons. The first kappa shape index (κ1) is 18.7. The van der Waals surface area contributed by atoms with Gasteiger partial charge in [0.15, 0.2) is 11.7 Å². The lowest BCUT2D eigenvalue weighted by atomic mass is 10.3. The Bertz CT molecular complexity index is 741. The van der Waals surface area contributed by atoms with Crippen LogP contribution in [0.1, 0.15) is 0 Å². The lowest BCUT2D eigenvalue weighted by molar-refractivity contribution is -0.121. The van der Waals surface area contributed by atoms with Gasteiger partial charge in [0.25, 0.3) is 5.91 Å². The lowest BCUT2D eigenvalue weighted by Crippen LogP contribution is -2.50. The molecule has 0 unspecified atom stereocenters. The Morgan fingerprint density at radius 2 is 1.68 bits per heavy atom. The number of ether oxygens (including phenoxy) is 1. The average Bonchev–Trinajstić information content (AvgIpc) is 2.60. The highest BCUT2D eigenvalue weighted by atomic mass is 79.9. The first-order valence-electron chi connectivity index (χ1n) is 7.13. The zero-order valence-corrected chi connectivity index (χ0v) is 15.3. The Labute approximate surface area is 158 Å². The van der Waals surface area contributed by atoms with E-state index in [2.05, 4.69) is 37.4 Å². The lowest BCUT2D eigenvalue weighted by Gasteiger charge is -2.12. The highest BCUT2D eigenvalue weighted by molar-refractivity contribution is 9.10. The quantitative estimate of drug-likeness (QED) is 0.448. The molecule has 9 heteroatoms. The molecule has 0 aliphatic carbocycles. The Morgan fingerprint density at radius 3 is 2.36 bits per heavy atom. The molecule has 2 aromatic carbocycles. The van der Waals surface area contributed by atoms with Crippen molar-refractivity contribution in [2.45, 2.75) is 0 Å². The first-order valence-corrected chi connectivity index (χ1v) is 8.33. The molecule has 0 saturated carbocycles. The summed E-state index contributed by atoms with van der Waals surface area (Å²) in [6, 6.07) is 15.4. The number of hydrogen-bond donors (Lipinski definition) is 4. The highest BCUT2D eigenvalue weighted by Crippen LogP contribution is 2.15. The van der Waals surface area contributed by atoms with Gasteiger partial charge >= 0.3 is 6.03 Å². The summed E-state index contributed by atoms with van der Waals surface area (Å²) >= 11 is 8.22. The predicted octanol–water partition coefficient (Wildman–Crippen LogP) is 2.56. The van der Waals surface area contributed by atoms with E-state index in [1.54, 1.807) is 48.5 Å². The van der Waals surface area contributed by atoms with E-state index in [9.17, 15) is 9.59 Å². The van der Waals surface area contributed by atoms with Crippen LogP contribution in [0.5, 0.6) is 5.75 Å². The molecule has 3 amide bonds. The number of nitrogens with one attached hydrogen (secondary N) is 4. The van der Waals surface area contributed by atoms with Gasteiger partial charge in [-0.15, -0.1) is 0 Å². The van der Waals surface area contributed by atoms with Crippen molar-refractivity contribution in [2.24, 2.45) is 0 Å². The van der Waals surface area contributed by atoms with E-state index < -0.39 is 11.9 Å². The summed E-state index contributed by atoms with van der Waals surface area (Å²) in [6.45, 7) is -0.209. The number of para-hydroxylation sites is 1. The van der Waals surface area contributed by atoms with Crippen LogP contribution in [-0.4, -0.2) is 23.7 Å². The third-order valence-electron chi connectivity index (χ3n) is 2.76. The number of carbonyl (C=O) groups excluding carboxylic acids is 2. The van der Waals surface area contributed by atoms with Crippen LogP contribution in [0, 0.1) is 0 Å². The van der Waals surface area contributed by atoms with E-state index >= 15 is 0 Å². The van der Waals surface area contributed by atoms with Crippen LogP contribution in [0.4, 0.5) is 10.5 Å². The number of halogens is 1. The summed E-state index contributed by atoms with van der Waals surface area (Å²) in [5, 5.41) is 4.93. The number of amides is 3. The maximum atomic E-state index is 11.7. The van der Waals surface area contributed by atoms with Gasteiger partial charge in [0.1, 0.15) is 5.75 Å². The second-order valence-corrected chi connectivity index (χ2v) is 6.01. The third kappa shape index (κ3) is 7.19. The summed E-state index contributed by atoms with van der Waals surface area (Å²) < 4.78 is 6.22. The molecule has 0 aliphatic heterocycles. The molecule has 0 saturated heterocycles. The Hall–Kier alpha value is -2.65. The van der Waals surface area contributed by atoms with Crippen molar-refractivity contribution in [3.8, 4) is 5.75 Å². The maximum absolute atomic E-state index is 11.7. The van der Waals surface area contributed by atoms with E-state index in [0.717, 1.165) is 4.47 Å². The fourth-order valence-corrected chi connectivity index (χ4v) is 2.10. The van der Waals surface area contributed by atoms with Crippen molar-refractivity contribution in [3.05, 3.63) is 59.1 Å². The van der Waals surface area contributed by atoms with Crippen molar-refractivity contribution in [1.29, 1.82) is 0 Å². The van der Waals surface area contributed by atoms with Crippen molar-refractivity contribution in [1.82, 2.24) is 16.2 Å². The molecule has 0 atom stereocenters. The number of hydrogen-bond acceptors (Lipinski definition) is 4.